The van der Waals surface area contributed by atoms with E-state index in [2.05, 4.69) is 0 Å². The molecule has 1 heterocycles. The summed E-state index contributed by atoms with van der Waals surface area (Å²) in [5.74, 6) is -0.621. The number of sulfonamides is 1. The Morgan fingerprint density at radius 3 is 1.93 bits per heavy atom. The second-order valence-corrected chi connectivity index (χ2v) is 9.22. The highest BCUT2D eigenvalue weighted by atomic mass is 32.2. The molecule has 0 spiro atoms. The highest BCUT2D eigenvalue weighted by Crippen LogP contribution is 2.35. The Labute approximate surface area is 161 Å². The molecule has 1 atom stereocenters. The van der Waals surface area contributed by atoms with E-state index in [9.17, 15) is 13.2 Å². The van der Waals surface area contributed by atoms with Gasteiger partial charge < -0.3 is 5.73 Å². The zero-order chi connectivity index (χ0) is 20.1. The van der Waals surface area contributed by atoms with E-state index >= 15 is 0 Å². The molecule has 27 heavy (non-hydrogen) atoms. The van der Waals surface area contributed by atoms with Crippen LogP contribution in [0.4, 0.5) is 0 Å². The zero-order valence-electron chi connectivity index (χ0n) is 16.5. The molecule has 0 bridgehead atoms. The maximum absolute atomic E-state index is 13.7. The molecule has 144 valence electrons. The Morgan fingerprint density at radius 1 is 0.926 bits per heavy atom. The van der Waals surface area contributed by atoms with Crippen molar-refractivity contribution in [1.29, 1.82) is 0 Å². The Balaban J connectivity index is 2.22. The third-order valence-corrected chi connectivity index (χ3v) is 8.16. The predicted molar refractivity (Wildman–Crippen MR) is 106 cm³/mol. The topological polar surface area (TPSA) is 80.5 Å². The van der Waals surface area contributed by atoms with Crippen molar-refractivity contribution in [3.8, 4) is 0 Å². The smallest absolute Gasteiger partial charge is 0.244 e. The molecule has 5 nitrogen and oxygen atoms in total. The minimum Gasteiger partial charge on any atom is -0.368 e. The summed E-state index contributed by atoms with van der Waals surface area (Å²) in [4.78, 5) is 12.4. The van der Waals surface area contributed by atoms with Gasteiger partial charge in [-0.05, 0) is 80.0 Å². The van der Waals surface area contributed by atoms with Crippen LogP contribution in [0.2, 0.25) is 0 Å². The van der Waals surface area contributed by atoms with Crippen LogP contribution in [0.1, 0.15) is 38.9 Å². The Bertz CT molecular complexity index is 1010. The normalized spacial score (nSPS) is 17.6. The number of hydrogen-bond donors (Lipinski definition) is 1. The molecule has 0 aromatic heterocycles. The van der Waals surface area contributed by atoms with Crippen molar-refractivity contribution in [3.05, 3.63) is 63.2 Å². The molecule has 0 aliphatic carbocycles. The van der Waals surface area contributed by atoms with Gasteiger partial charge in [0.2, 0.25) is 15.9 Å². The maximum Gasteiger partial charge on any atom is 0.244 e. The highest BCUT2D eigenvalue weighted by Gasteiger charge is 2.40. The van der Waals surface area contributed by atoms with E-state index < -0.39 is 22.0 Å². The summed E-state index contributed by atoms with van der Waals surface area (Å²) in [5.41, 5.74) is 12.0. The van der Waals surface area contributed by atoms with Gasteiger partial charge in [-0.15, -0.1) is 0 Å². The average Bonchev–Trinajstić information content (AvgIpc) is 2.63. The van der Waals surface area contributed by atoms with Gasteiger partial charge in [0, 0.05) is 6.54 Å². The molecule has 0 unspecified atom stereocenters. The van der Waals surface area contributed by atoms with Crippen LogP contribution in [0, 0.1) is 34.6 Å². The van der Waals surface area contributed by atoms with Crippen molar-refractivity contribution in [2.75, 3.05) is 0 Å². The van der Waals surface area contributed by atoms with Crippen molar-refractivity contribution < 1.29 is 13.2 Å². The number of carbonyl (C=O) groups excluding carboxylic acids is 1. The molecule has 2 aromatic carbocycles. The molecule has 2 N–H and O–H groups in total. The van der Waals surface area contributed by atoms with Gasteiger partial charge in [0.25, 0.3) is 0 Å². The quantitative estimate of drug-likeness (QED) is 0.881. The van der Waals surface area contributed by atoms with Gasteiger partial charge in [0.15, 0.2) is 0 Å². The lowest BCUT2D eigenvalue weighted by Gasteiger charge is -2.35. The highest BCUT2D eigenvalue weighted by molar-refractivity contribution is 7.89. The fraction of sp³-hybridized carbons (Fsp3) is 0.381. The second-order valence-electron chi connectivity index (χ2n) is 7.40. The molecule has 1 aliphatic heterocycles. The average molecular weight is 387 g/mol. The second kappa shape index (κ2) is 6.77. The maximum atomic E-state index is 13.7. The van der Waals surface area contributed by atoms with Crippen LogP contribution in [0.25, 0.3) is 0 Å². The predicted octanol–water partition coefficient (Wildman–Crippen LogP) is 2.83. The number of amides is 1. The number of primary amides is 1. The van der Waals surface area contributed by atoms with E-state index in [-0.39, 0.29) is 6.54 Å². The summed E-state index contributed by atoms with van der Waals surface area (Å²) in [7, 11) is -3.89. The van der Waals surface area contributed by atoms with E-state index in [4.69, 9.17) is 5.73 Å². The van der Waals surface area contributed by atoms with Gasteiger partial charge in [-0.1, -0.05) is 24.3 Å². The molecule has 0 fully saturated rings. The third kappa shape index (κ3) is 3.07. The first-order valence-corrected chi connectivity index (χ1v) is 10.5. The van der Waals surface area contributed by atoms with Gasteiger partial charge in [-0.3, -0.25) is 4.79 Å². The third-order valence-electron chi connectivity index (χ3n) is 6.03. The SMILES string of the molecule is Cc1c(C)c(C)c(S(=O)(=O)N2Cc3ccccc3C[C@@H]2C(N)=O)c(C)c1C. The lowest BCUT2D eigenvalue weighted by Crippen LogP contribution is -2.51. The number of nitrogens with zero attached hydrogens (tertiary/aromatic N) is 1. The standard InChI is InChI=1S/C21H26N2O3S/c1-12-13(2)15(4)20(16(5)14(12)3)27(25,26)23-11-18-9-7-6-8-17(18)10-19(23)21(22)24/h6-9,19H,10-11H2,1-5H3,(H2,22,24)/t19-/m1/s1. The molecular formula is C21H26N2O3S. The molecule has 1 aliphatic rings. The van der Waals surface area contributed by atoms with E-state index in [1.807, 2.05) is 58.9 Å². The minimum absolute atomic E-state index is 0.150. The molecule has 3 rings (SSSR count). The Morgan fingerprint density at radius 2 is 1.41 bits per heavy atom. The summed E-state index contributed by atoms with van der Waals surface area (Å²) in [6.07, 6.45) is 0.298. The van der Waals surface area contributed by atoms with Crippen molar-refractivity contribution in [2.45, 2.75) is 58.5 Å². The largest absolute Gasteiger partial charge is 0.368 e. The molecule has 0 saturated carbocycles. The van der Waals surface area contributed by atoms with Gasteiger partial charge in [0.05, 0.1) is 4.90 Å². The van der Waals surface area contributed by atoms with Crippen LogP contribution in [0.5, 0.6) is 0 Å². The van der Waals surface area contributed by atoms with Crippen molar-refractivity contribution in [2.24, 2.45) is 5.73 Å². The van der Waals surface area contributed by atoms with Crippen LogP contribution in [0.15, 0.2) is 29.2 Å². The molecule has 6 heteroatoms. The number of benzene rings is 2. The number of rotatable bonds is 3. The number of fused-ring (bicyclic) bond motifs is 1. The molecule has 0 radical (unpaired) electrons. The number of carbonyl (C=O) groups is 1. The van der Waals surface area contributed by atoms with Gasteiger partial charge >= 0.3 is 0 Å². The zero-order valence-corrected chi connectivity index (χ0v) is 17.3. The summed E-state index contributed by atoms with van der Waals surface area (Å²) < 4.78 is 28.7. The van der Waals surface area contributed by atoms with Gasteiger partial charge in [-0.2, -0.15) is 4.31 Å². The van der Waals surface area contributed by atoms with Crippen molar-refractivity contribution in [1.82, 2.24) is 4.31 Å². The van der Waals surface area contributed by atoms with Crippen LogP contribution in [0.3, 0.4) is 0 Å². The van der Waals surface area contributed by atoms with Crippen molar-refractivity contribution >= 4 is 15.9 Å². The van der Waals surface area contributed by atoms with E-state index in [1.54, 1.807) is 0 Å². The van der Waals surface area contributed by atoms with E-state index in [0.29, 0.717) is 11.3 Å². The van der Waals surface area contributed by atoms with Crippen LogP contribution in [-0.4, -0.2) is 24.7 Å². The molecule has 1 amide bonds. The monoisotopic (exact) mass is 386 g/mol. The van der Waals surface area contributed by atoms with Gasteiger partial charge in [0.1, 0.15) is 6.04 Å². The lowest BCUT2D eigenvalue weighted by molar-refractivity contribution is -0.122. The molecule has 2 aromatic rings. The van der Waals surface area contributed by atoms with Crippen LogP contribution in [-0.2, 0) is 27.8 Å². The molecule has 0 saturated heterocycles. The summed E-state index contributed by atoms with van der Waals surface area (Å²) in [5, 5.41) is 0. The summed E-state index contributed by atoms with van der Waals surface area (Å²) >= 11 is 0. The van der Waals surface area contributed by atoms with Gasteiger partial charge in [-0.25, -0.2) is 8.42 Å². The summed E-state index contributed by atoms with van der Waals surface area (Å²) in [6, 6.07) is 6.71. The van der Waals surface area contributed by atoms with E-state index in [1.165, 1.54) is 4.31 Å². The Hall–Kier alpha value is -2.18. The van der Waals surface area contributed by atoms with Crippen molar-refractivity contribution in [3.63, 3.8) is 0 Å². The first kappa shape index (κ1) is 19.6. The summed E-state index contributed by atoms with van der Waals surface area (Å²) in [6.45, 7) is 9.69. The fourth-order valence-corrected chi connectivity index (χ4v) is 6.10. The molecular weight excluding hydrogens is 360 g/mol. The number of nitrogens with two attached hydrogens (primary N) is 1. The lowest BCUT2D eigenvalue weighted by atomic mass is 9.95. The Kier molecular flexibility index (Phi) is 4.91. The van der Waals surface area contributed by atoms with E-state index in [0.717, 1.165) is 38.9 Å². The first-order chi connectivity index (χ1) is 12.6. The first-order valence-electron chi connectivity index (χ1n) is 9.02. The van der Waals surface area contributed by atoms with Crippen LogP contribution < -0.4 is 5.73 Å². The van der Waals surface area contributed by atoms with Crippen LogP contribution >= 0.6 is 0 Å². The fourth-order valence-electron chi connectivity index (χ4n) is 3.96. The number of hydrogen-bond acceptors (Lipinski definition) is 3. The minimum atomic E-state index is -3.89.